The molecule has 0 aromatic heterocycles. The van der Waals surface area contributed by atoms with E-state index in [-0.39, 0.29) is 6.54 Å². The second-order valence-corrected chi connectivity index (χ2v) is 6.75. The van der Waals surface area contributed by atoms with Crippen LogP contribution in [0, 0.1) is 0 Å². The van der Waals surface area contributed by atoms with Crippen molar-refractivity contribution in [1.29, 1.82) is 0 Å². The first-order chi connectivity index (χ1) is 14.0. The summed E-state index contributed by atoms with van der Waals surface area (Å²) >= 11 is 0. The fourth-order valence-electron chi connectivity index (χ4n) is 3.49. The van der Waals surface area contributed by atoms with Crippen molar-refractivity contribution >= 4 is 35.1 Å². The minimum atomic E-state index is -1.30. The molecular weight excluding hydrogens is 368 g/mol. The molecule has 1 aliphatic rings. The third kappa shape index (κ3) is 4.21. The van der Waals surface area contributed by atoms with Gasteiger partial charge >= 0.3 is 0 Å². The Morgan fingerprint density at radius 1 is 0.966 bits per heavy atom. The first-order valence-electron chi connectivity index (χ1n) is 9.68. The molecule has 0 fully saturated rings. The number of imide groups is 1. The van der Waals surface area contributed by atoms with E-state index in [0.717, 1.165) is 29.2 Å². The first-order valence-corrected chi connectivity index (χ1v) is 9.68. The van der Waals surface area contributed by atoms with Gasteiger partial charge in [-0.25, -0.2) is 0 Å². The highest BCUT2D eigenvalue weighted by atomic mass is 16.4. The molecule has 3 rings (SSSR count). The van der Waals surface area contributed by atoms with Crippen molar-refractivity contribution in [2.75, 3.05) is 24.5 Å². The van der Waals surface area contributed by atoms with Crippen LogP contribution in [-0.2, 0) is 9.59 Å². The van der Waals surface area contributed by atoms with Crippen LogP contribution in [0.2, 0.25) is 0 Å². The highest BCUT2D eigenvalue weighted by molar-refractivity contribution is 6.33. The van der Waals surface area contributed by atoms with Crippen LogP contribution >= 0.6 is 0 Å². The van der Waals surface area contributed by atoms with Crippen LogP contribution in [0.4, 0.5) is 5.69 Å². The third-order valence-corrected chi connectivity index (χ3v) is 5.04. The number of carboxylic acid groups (broad SMARTS) is 1. The Balaban J connectivity index is 2.00. The van der Waals surface area contributed by atoms with E-state index in [1.54, 1.807) is 30.3 Å². The fraction of sp³-hybridized carbons (Fsp3) is 0.261. The maximum absolute atomic E-state index is 13.0. The zero-order chi connectivity index (χ0) is 21.0. The van der Waals surface area contributed by atoms with Crippen LogP contribution in [0.25, 0.3) is 11.6 Å². The highest BCUT2D eigenvalue weighted by Gasteiger charge is 2.34. The van der Waals surface area contributed by atoms with Crippen molar-refractivity contribution in [3.63, 3.8) is 0 Å². The van der Waals surface area contributed by atoms with Gasteiger partial charge in [-0.1, -0.05) is 30.3 Å². The van der Waals surface area contributed by atoms with Crippen molar-refractivity contribution in [2.45, 2.75) is 20.3 Å². The summed E-state index contributed by atoms with van der Waals surface area (Å²) in [6, 6.07) is 14.7. The number of anilines is 1. The van der Waals surface area contributed by atoms with Gasteiger partial charge in [-0.05, 0) is 49.2 Å². The number of benzene rings is 2. The molecule has 0 unspecified atom stereocenters. The van der Waals surface area contributed by atoms with Crippen LogP contribution in [0.5, 0.6) is 0 Å². The molecule has 0 radical (unpaired) electrons. The average Bonchev–Trinajstić information content (AvgIpc) is 2.73. The summed E-state index contributed by atoms with van der Waals surface area (Å²) in [7, 11) is 0. The number of fused-ring (bicyclic) bond motifs is 1. The van der Waals surface area contributed by atoms with E-state index in [4.69, 9.17) is 0 Å². The van der Waals surface area contributed by atoms with Gasteiger partial charge in [0.15, 0.2) is 0 Å². The Morgan fingerprint density at radius 3 is 2.17 bits per heavy atom. The molecule has 2 aromatic carbocycles. The Kier molecular flexibility index (Phi) is 6.12. The Morgan fingerprint density at radius 2 is 1.59 bits per heavy atom. The molecule has 29 heavy (non-hydrogen) atoms. The van der Waals surface area contributed by atoms with Crippen LogP contribution < -0.4 is 10.0 Å². The van der Waals surface area contributed by atoms with Crippen molar-refractivity contribution in [1.82, 2.24) is 4.90 Å². The summed E-state index contributed by atoms with van der Waals surface area (Å²) in [4.78, 5) is 39.7. The normalized spacial score (nSPS) is 14.8. The van der Waals surface area contributed by atoms with Crippen LogP contribution in [0.3, 0.4) is 0 Å². The summed E-state index contributed by atoms with van der Waals surface area (Å²) in [5.74, 6) is -2.29. The van der Waals surface area contributed by atoms with Gasteiger partial charge in [0.2, 0.25) is 0 Å². The zero-order valence-electron chi connectivity index (χ0n) is 16.6. The molecule has 1 aliphatic heterocycles. The largest absolute Gasteiger partial charge is 0.550 e. The Hall–Kier alpha value is -3.41. The van der Waals surface area contributed by atoms with Crippen molar-refractivity contribution in [2.24, 2.45) is 0 Å². The number of hydrogen-bond donors (Lipinski definition) is 0. The highest BCUT2D eigenvalue weighted by Crippen LogP contribution is 2.30. The van der Waals surface area contributed by atoms with Gasteiger partial charge in [0.05, 0.1) is 0 Å². The molecule has 0 bridgehead atoms. The molecule has 0 aliphatic carbocycles. The lowest BCUT2D eigenvalue weighted by Crippen LogP contribution is -2.43. The van der Waals surface area contributed by atoms with E-state index in [9.17, 15) is 19.5 Å². The van der Waals surface area contributed by atoms with Gasteiger partial charge in [0.1, 0.15) is 0 Å². The van der Waals surface area contributed by atoms with Gasteiger partial charge in [0, 0.05) is 48.8 Å². The number of carbonyl (C=O) groups excluding carboxylic acids is 3. The zero-order valence-corrected chi connectivity index (χ0v) is 16.6. The lowest BCUT2D eigenvalue weighted by Gasteiger charge is -2.29. The minimum Gasteiger partial charge on any atom is -0.550 e. The topological polar surface area (TPSA) is 80.8 Å². The number of carboxylic acids is 1. The van der Waals surface area contributed by atoms with Crippen molar-refractivity contribution in [3.8, 4) is 0 Å². The van der Waals surface area contributed by atoms with Gasteiger partial charge in [-0.15, -0.1) is 0 Å². The lowest BCUT2D eigenvalue weighted by atomic mass is 9.92. The summed E-state index contributed by atoms with van der Waals surface area (Å²) in [5, 5.41) is 10.8. The molecule has 0 N–H and O–H groups in total. The lowest BCUT2D eigenvalue weighted by molar-refractivity contribution is -0.305. The number of aliphatic carboxylic acids is 1. The molecule has 6 heteroatoms. The van der Waals surface area contributed by atoms with Crippen molar-refractivity contribution < 1.29 is 19.5 Å². The third-order valence-electron chi connectivity index (χ3n) is 5.04. The summed E-state index contributed by atoms with van der Waals surface area (Å²) in [6.07, 6.45) is 1.34. The standard InChI is InChI=1S/C23H24N2O4/c1-3-24(4-2)17-11-9-16(10-12-17)15-20-18-7-5-6-8-19(18)22(28)25(23(20)29)14-13-21(26)27/h5-12,15H,3-4,13-14H2,1-2H3,(H,26,27)/p-1/b20-15-. The van der Waals surface area contributed by atoms with E-state index in [1.165, 1.54) is 0 Å². The number of hydrogen-bond acceptors (Lipinski definition) is 5. The number of amides is 2. The monoisotopic (exact) mass is 391 g/mol. The predicted octanol–water partition coefficient (Wildman–Crippen LogP) is 2.20. The molecule has 150 valence electrons. The van der Waals surface area contributed by atoms with E-state index in [2.05, 4.69) is 18.7 Å². The smallest absolute Gasteiger partial charge is 0.261 e. The molecule has 0 atom stereocenters. The summed E-state index contributed by atoms with van der Waals surface area (Å²) < 4.78 is 0. The second-order valence-electron chi connectivity index (χ2n) is 6.75. The molecule has 2 aromatic rings. The average molecular weight is 391 g/mol. The molecule has 0 spiro atoms. The molecular formula is C23H23N2O4-. The minimum absolute atomic E-state index is 0.216. The van der Waals surface area contributed by atoms with Gasteiger partial charge in [-0.2, -0.15) is 0 Å². The van der Waals surface area contributed by atoms with Crippen LogP contribution in [0.1, 0.15) is 41.8 Å². The quantitative estimate of drug-likeness (QED) is 0.534. The SMILES string of the molecule is CCN(CC)c1ccc(/C=C2\C(=O)N(CCC(=O)[O-])C(=O)c3ccccc32)cc1. The maximum atomic E-state index is 13.0. The molecule has 0 saturated carbocycles. The first kappa shape index (κ1) is 20.3. The molecule has 2 amide bonds. The Bertz CT molecular complexity index is 959. The van der Waals surface area contributed by atoms with E-state index in [1.807, 2.05) is 24.3 Å². The van der Waals surface area contributed by atoms with Gasteiger partial charge in [0.25, 0.3) is 11.8 Å². The molecule has 0 saturated heterocycles. The van der Waals surface area contributed by atoms with Gasteiger partial charge in [-0.3, -0.25) is 14.5 Å². The van der Waals surface area contributed by atoms with Crippen LogP contribution in [0.15, 0.2) is 48.5 Å². The van der Waals surface area contributed by atoms with E-state index in [0.29, 0.717) is 16.7 Å². The number of rotatable bonds is 7. The van der Waals surface area contributed by atoms with E-state index >= 15 is 0 Å². The van der Waals surface area contributed by atoms with E-state index < -0.39 is 24.2 Å². The fourth-order valence-corrected chi connectivity index (χ4v) is 3.49. The maximum Gasteiger partial charge on any atom is 0.261 e. The molecule has 6 nitrogen and oxygen atoms in total. The summed E-state index contributed by atoms with van der Waals surface area (Å²) in [5.41, 5.74) is 3.23. The Labute approximate surface area is 170 Å². The van der Waals surface area contributed by atoms with Crippen LogP contribution in [-0.4, -0.2) is 42.3 Å². The number of nitrogens with zero attached hydrogens (tertiary/aromatic N) is 2. The summed E-state index contributed by atoms with van der Waals surface area (Å²) in [6.45, 7) is 5.77. The predicted molar refractivity (Wildman–Crippen MR) is 110 cm³/mol. The molecule has 1 heterocycles. The van der Waals surface area contributed by atoms with Crippen molar-refractivity contribution in [3.05, 3.63) is 65.2 Å². The van der Waals surface area contributed by atoms with Gasteiger partial charge < -0.3 is 14.8 Å². The second kappa shape index (κ2) is 8.73. The number of carbonyl (C=O) groups is 3.